The van der Waals surface area contributed by atoms with Crippen molar-refractivity contribution in [1.29, 1.82) is 0 Å². The summed E-state index contributed by atoms with van der Waals surface area (Å²) in [7, 11) is 0. The Morgan fingerprint density at radius 3 is 2.21 bits per heavy atom. The zero-order valence-electron chi connectivity index (χ0n) is 13.2. The van der Waals surface area contributed by atoms with Crippen molar-refractivity contribution in [2.24, 2.45) is 16.7 Å². The summed E-state index contributed by atoms with van der Waals surface area (Å²) in [5.74, 6) is 0.675. The zero-order chi connectivity index (χ0) is 14.7. The van der Waals surface area contributed by atoms with Crippen LogP contribution < -0.4 is 0 Å². The summed E-state index contributed by atoms with van der Waals surface area (Å²) in [6.07, 6.45) is 4.97. The molecule has 0 spiro atoms. The fourth-order valence-electron chi connectivity index (χ4n) is 3.48. The second-order valence-corrected chi connectivity index (χ2v) is 6.70. The number of aliphatic hydroxyl groups is 1. The molecule has 0 aromatic carbocycles. The number of esters is 1. The third-order valence-electron chi connectivity index (χ3n) is 5.50. The summed E-state index contributed by atoms with van der Waals surface area (Å²) in [5.41, 5.74) is 0.601. The van der Waals surface area contributed by atoms with E-state index in [-0.39, 0.29) is 17.5 Å². The number of hydrogen-bond acceptors (Lipinski definition) is 3. The van der Waals surface area contributed by atoms with Gasteiger partial charge in [0.15, 0.2) is 0 Å². The molecule has 19 heavy (non-hydrogen) atoms. The predicted octanol–water partition coefficient (Wildman–Crippen LogP) is 3.54. The molecule has 0 amide bonds. The van der Waals surface area contributed by atoms with Crippen LogP contribution in [0.3, 0.4) is 0 Å². The summed E-state index contributed by atoms with van der Waals surface area (Å²) in [6.45, 7) is 11.2. The van der Waals surface area contributed by atoms with E-state index in [1.807, 2.05) is 6.92 Å². The lowest BCUT2D eigenvalue weighted by atomic mass is 9.70. The van der Waals surface area contributed by atoms with Crippen LogP contribution in [0.1, 0.15) is 66.7 Å². The van der Waals surface area contributed by atoms with Gasteiger partial charge >= 0.3 is 5.97 Å². The maximum Gasteiger partial charge on any atom is 0.305 e. The maximum absolute atomic E-state index is 10.3. The molecular formula is C16H30O3. The van der Waals surface area contributed by atoms with Crippen molar-refractivity contribution in [2.75, 3.05) is 6.61 Å². The van der Waals surface area contributed by atoms with Crippen molar-refractivity contribution < 1.29 is 14.6 Å². The smallest absolute Gasteiger partial charge is 0.305 e. The molecule has 0 aromatic heterocycles. The fraction of sp³-hybridized carbons (Fsp3) is 0.938. The molecule has 2 aliphatic carbocycles. The average molecular weight is 270 g/mol. The molecule has 0 saturated heterocycles. The van der Waals surface area contributed by atoms with E-state index >= 15 is 0 Å². The van der Waals surface area contributed by atoms with Crippen molar-refractivity contribution in [3.05, 3.63) is 0 Å². The Labute approximate surface area is 117 Å². The SMILES string of the molecule is CC1(C)[C@@H]2CC[C@]1(C)[C@@H](O)C2.CCCOC(=O)CC. The van der Waals surface area contributed by atoms with Gasteiger partial charge in [0.25, 0.3) is 0 Å². The summed E-state index contributed by atoms with van der Waals surface area (Å²) in [6, 6.07) is 0. The lowest BCUT2D eigenvalue weighted by Gasteiger charge is -2.36. The molecule has 0 unspecified atom stereocenters. The van der Waals surface area contributed by atoms with E-state index in [2.05, 4.69) is 20.8 Å². The van der Waals surface area contributed by atoms with Crippen molar-refractivity contribution in [3.8, 4) is 0 Å². The normalized spacial score (nSPS) is 34.6. The third-order valence-corrected chi connectivity index (χ3v) is 5.50. The minimum atomic E-state index is -0.105. The zero-order valence-corrected chi connectivity index (χ0v) is 13.2. The minimum absolute atomic E-state index is 0.0313. The first-order valence-electron chi connectivity index (χ1n) is 7.63. The molecule has 1 N–H and O–H groups in total. The molecule has 2 fully saturated rings. The summed E-state index contributed by atoms with van der Waals surface area (Å²) in [5, 5.41) is 9.81. The first kappa shape index (κ1) is 16.5. The fourth-order valence-corrected chi connectivity index (χ4v) is 3.48. The monoisotopic (exact) mass is 270 g/mol. The van der Waals surface area contributed by atoms with E-state index in [0.29, 0.717) is 18.4 Å². The number of rotatable bonds is 3. The van der Waals surface area contributed by atoms with Gasteiger partial charge in [0.1, 0.15) is 0 Å². The highest BCUT2D eigenvalue weighted by molar-refractivity contribution is 5.68. The van der Waals surface area contributed by atoms with E-state index < -0.39 is 0 Å². The summed E-state index contributed by atoms with van der Waals surface area (Å²) < 4.78 is 4.70. The second kappa shape index (κ2) is 6.25. The van der Waals surface area contributed by atoms with Crippen molar-refractivity contribution in [2.45, 2.75) is 72.8 Å². The Morgan fingerprint density at radius 1 is 1.32 bits per heavy atom. The number of ether oxygens (including phenoxy) is 1. The molecule has 0 aliphatic heterocycles. The van der Waals surface area contributed by atoms with Gasteiger partial charge in [-0.2, -0.15) is 0 Å². The Hall–Kier alpha value is -0.570. The van der Waals surface area contributed by atoms with Gasteiger partial charge in [-0.3, -0.25) is 4.79 Å². The topological polar surface area (TPSA) is 46.5 Å². The van der Waals surface area contributed by atoms with Crippen LogP contribution in [0.25, 0.3) is 0 Å². The third kappa shape index (κ3) is 3.13. The Kier molecular flexibility index (Phi) is 5.43. The predicted molar refractivity (Wildman–Crippen MR) is 76.8 cm³/mol. The average Bonchev–Trinajstić information content (AvgIpc) is 2.69. The van der Waals surface area contributed by atoms with Gasteiger partial charge in [-0.25, -0.2) is 0 Å². The molecule has 0 heterocycles. The van der Waals surface area contributed by atoms with Gasteiger partial charge in [0, 0.05) is 6.42 Å². The van der Waals surface area contributed by atoms with E-state index in [9.17, 15) is 9.90 Å². The second-order valence-electron chi connectivity index (χ2n) is 6.70. The van der Waals surface area contributed by atoms with E-state index in [0.717, 1.165) is 18.8 Å². The van der Waals surface area contributed by atoms with Crippen LogP contribution in [0.2, 0.25) is 0 Å². The standard InChI is InChI=1S/C10H18O.C6H12O2/c1-9(2)7-4-5-10(9,3)8(11)6-7;1-3-5-8-6(7)4-2/h7-8,11H,4-6H2,1-3H3;3-5H2,1-2H3/t7-,8+,10-;/m1./s1. The molecule has 2 rings (SSSR count). The van der Waals surface area contributed by atoms with E-state index in [4.69, 9.17) is 4.74 Å². The number of hydrogen-bond donors (Lipinski definition) is 1. The number of carbonyl (C=O) groups excluding carboxylic acids is 1. The highest BCUT2D eigenvalue weighted by Crippen LogP contribution is 2.65. The molecule has 2 saturated carbocycles. The van der Waals surface area contributed by atoms with Gasteiger partial charge in [-0.1, -0.05) is 34.6 Å². The Balaban J connectivity index is 0.000000203. The first-order valence-corrected chi connectivity index (χ1v) is 7.63. The molecule has 3 nitrogen and oxygen atoms in total. The quantitative estimate of drug-likeness (QED) is 0.798. The molecule has 2 aliphatic rings. The van der Waals surface area contributed by atoms with Gasteiger partial charge in [0.2, 0.25) is 0 Å². The highest BCUT2D eigenvalue weighted by Gasteiger charge is 2.60. The van der Waals surface area contributed by atoms with Gasteiger partial charge < -0.3 is 9.84 Å². The molecular weight excluding hydrogens is 240 g/mol. The minimum Gasteiger partial charge on any atom is -0.466 e. The number of fused-ring (bicyclic) bond motifs is 2. The van der Waals surface area contributed by atoms with Gasteiger partial charge in [-0.15, -0.1) is 0 Å². The largest absolute Gasteiger partial charge is 0.466 e. The summed E-state index contributed by atoms with van der Waals surface area (Å²) >= 11 is 0. The van der Waals surface area contributed by atoms with Crippen LogP contribution in [-0.4, -0.2) is 23.8 Å². The molecule has 3 heteroatoms. The lowest BCUT2D eigenvalue weighted by molar-refractivity contribution is -0.143. The number of carbonyl (C=O) groups is 1. The first-order chi connectivity index (χ1) is 8.79. The van der Waals surface area contributed by atoms with Crippen LogP contribution in [0, 0.1) is 16.7 Å². The Morgan fingerprint density at radius 2 is 1.95 bits per heavy atom. The van der Waals surface area contributed by atoms with Gasteiger partial charge in [0.05, 0.1) is 12.7 Å². The van der Waals surface area contributed by atoms with Crippen LogP contribution in [-0.2, 0) is 9.53 Å². The summed E-state index contributed by atoms with van der Waals surface area (Å²) in [4.78, 5) is 10.3. The maximum atomic E-state index is 10.3. The van der Waals surface area contributed by atoms with E-state index in [1.165, 1.54) is 12.8 Å². The van der Waals surface area contributed by atoms with Crippen LogP contribution in [0.15, 0.2) is 0 Å². The van der Waals surface area contributed by atoms with Crippen molar-refractivity contribution in [3.63, 3.8) is 0 Å². The lowest BCUT2D eigenvalue weighted by Crippen LogP contribution is -2.35. The van der Waals surface area contributed by atoms with Crippen molar-refractivity contribution >= 4 is 5.97 Å². The molecule has 0 radical (unpaired) electrons. The molecule has 112 valence electrons. The molecule has 0 aromatic rings. The molecule has 2 bridgehead atoms. The number of aliphatic hydroxyl groups excluding tert-OH is 1. The van der Waals surface area contributed by atoms with Crippen molar-refractivity contribution in [1.82, 2.24) is 0 Å². The van der Waals surface area contributed by atoms with Crippen LogP contribution >= 0.6 is 0 Å². The van der Waals surface area contributed by atoms with Crippen LogP contribution in [0.4, 0.5) is 0 Å². The highest BCUT2D eigenvalue weighted by atomic mass is 16.5. The Bertz CT molecular complexity index is 311. The molecule has 3 atom stereocenters. The van der Waals surface area contributed by atoms with E-state index in [1.54, 1.807) is 6.92 Å². The van der Waals surface area contributed by atoms with Gasteiger partial charge in [-0.05, 0) is 42.4 Å². The van der Waals surface area contributed by atoms with Crippen LogP contribution in [0.5, 0.6) is 0 Å².